The molecule has 0 aliphatic carbocycles. The third-order valence-electron chi connectivity index (χ3n) is 3.06. The van der Waals surface area contributed by atoms with Crippen molar-refractivity contribution in [1.29, 1.82) is 0 Å². The topological polar surface area (TPSA) is 134 Å². The summed E-state index contributed by atoms with van der Waals surface area (Å²) in [5.41, 5.74) is 1.01. The molecule has 24 heavy (non-hydrogen) atoms. The molecule has 0 bridgehead atoms. The van der Waals surface area contributed by atoms with Crippen LogP contribution in [-0.2, 0) is 25.5 Å². The Balaban J connectivity index is 2.03. The molecule has 0 aliphatic heterocycles. The molecule has 8 heteroatoms. The molecule has 8 nitrogen and oxygen atoms in total. The van der Waals surface area contributed by atoms with E-state index in [0.717, 1.165) is 0 Å². The molecule has 1 aromatic heterocycles. The minimum atomic E-state index is -2.27. The van der Waals surface area contributed by atoms with Crippen molar-refractivity contribution in [1.82, 2.24) is 4.98 Å². The number of benzene rings is 1. The second kappa shape index (κ2) is 7.23. The fourth-order valence-corrected chi connectivity index (χ4v) is 1.96. The standard InChI is InChI=1S/C16H13NO7/c18-12(24-14(15(20)21)16(22)23)8-10-6-7-11(17-10)13(19)9-4-2-1-3-5-9/h1-7,14,17H,8H2,(H,20,21)(H,22,23). The van der Waals surface area contributed by atoms with Crippen molar-refractivity contribution in [2.45, 2.75) is 12.5 Å². The molecule has 0 saturated carbocycles. The molecule has 0 radical (unpaired) electrons. The van der Waals surface area contributed by atoms with E-state index in [0.29, 0.717) is 11.3 Å². The van der Waals surface area contributed by atoms with Crippen LogP contribution in [0.3, 0.4) is 0 Å². The second-order valence-corrected chi connectivity index (χ2v) is 4.82. The van der Waals surface area contributed by atoms with E-state index in [4.69, 9.17) is 10.2 Å². The maximum absolute atomic E-state index is 12.2. The SMILES string of the molecule is O=C(Cc1ccc(C(=O)c2ccccc2)[nH]1)OC(C(=O)O)C(=O)O. The van der Waals surface area contributed by atoms with Gasteiger partial charge in [-0.05, 0) is 12.1 Å². The lowest BCUT2D eigenvalue weighted by molar-refractivity contribution is -0.174. The number of ketones is 1. The monoisotopic (exact) mass is 331 g/mol. The summed E-state index contributed by atoms with van der Waals surface area (Å²) in [5.74, 6) is -4.86. The average Bonchev–Trinajstić information content (AvgIpc) is 3.00. The van der Waals surface area contributed by atoms with Crippen LogP contribution in [-0.4, -0.2) is 45.0 Å². The molecule has 1 aromatic carbocycles. The van der Waals surface area contributed by atoms with Gasteiger partial charge in [0, 0.05) is 11.3 Å². The van der Waals surface area contributed by atoms with Crippen LogP contribution in [0.1, 0.15) is 21.7 Å². The van der Waals surface area contributed by atoms with E-state index >= 15 is 0 Å². The number of hydrogen-bond donors (Lipinski definition) is 3. The smallest absolute Gasteiger partial charge is 0.356 e. The molecule has 2 aromatic rings. The summed E-state index contributed by atoms with van der Waals surface area (Å²) < 4.78 is 4.39. The molecule has 3 N–H and O–H groups in total. The van der Waals surface area contributed by atoms with Crippen molar-refractivity contribution in [3.8, 4) is 0 Å². The van der Waals surface area contributed by atoms with Crippen LogP contribution in [0.15, 0.2) is 42.5 Å². The average molecular weight is 331 g/mol. The van der Waals surface area contributed by atoms with Crippen molar-refractivity contribution in [2.24, 2.45) is 0 Å². The number of aromatic nitrogens is 1. The molecule has 0 fully saturated rings. The Morgan fingerprint density at radius 1 is 0.958 bits per heavy atom. The fourth-order valence-electron chi connectivity index (χ4n) is 1.96. The molecule has 124 valence electrons. The summed E-state index contributed by atoms with van der Waals surface area (Å²) in [4.78, 5) is 47.9. The third kappa shape index (κ3) is 4.07. The summed E-state index contributed by atoms with van der Waals surface area (Å²) >= 11 is 0. The largest absolute Gasteiger partial charge is 0.478 e. The highest BCUT2D eigenvalue weighted by Crippen LogP contribution is 2.11. The molecule has 2 rings (SSSR count). The van der Waals surface area contributed by atoms with Crippen molar-refractivity contribution in [3.63, 3.8) is 0 Å². The number of esters is 1. The van der Waals surface area contributed by atoms with Gasteiger partial charge in [-0.25, -0.2) is 9.59 Å². The highest BCUT2D eigenvalue weighted by molar-refractivity contribution is 6.07. The molecule has 1 heterocycles. The van der Waals surface area contributed by atoms with Gasteiger partial charge >= 0.3 is 17.9 Å². The van der Waals surface area contributed by atoms with Gasteiger partial charge in [-0.15, -0.1) is 0 Å². The van der Waals surface area contributed by atoms with Crippen LogP contribution in [0.4, 0.5) is 0 Å². The van der Waals surface area contributed by atoms with Gasteiger partial charge in [-0.2, -0.15) is 0 Å². The first-order valence-corrected chi connectivity index (χ1v) is 6.81. The van der Waals surface area contributed by atoms with Gasteiger partial charge in [0.2, 0.25) is 5.78 Å². The van der Waals surface area contributed by atoms with E-state index < -0.39 is 24.0 Å². The van der Waals surface area contributed by atoms with E-state index in [2.05, 4.69) is 9.72 Å². The number of carbonyl (C=O) groups excluding carboxylic acids is 2. The van der Waals surface area contributed by atoms with E-state index in [1.165, 1.54) is 12.1 Å². The number of aromatic amines is 1. The van der Waals surface area contributed by atoms with Gasteiger partial charge in [-0.3, -0.25) is 9.59 Å². The lowest BCUT2D eigenvalue weighted by Gasteiger charge is -2.08. The quantitative estimate of drug-likeness (QED) is 0.389. The molecular weight excluding hydrogens is 318 g/mol. The van der Waals surface area contributed by atoms with Crippen LogP contribution in [0.2, 0.25) is 0 Å². The molecule has 0 aliphatic rings. The first-order valence-electron chi connectivity index (χ1n) is 6.81. The zero-order valence-corrected chi connectivity index (χ0v) is 12.3. The van der Waals surface area contributed by atoms with E-state index in [-0.39, 0.29) is 17.9 Å². The summed E-state index contributed by atoms with van der Waals surface area (Å²) in [6.07, 6.45) is -2.66. The van der Waals surface area contributed by atoms with Crippen LogP contribution in [0.25, 0.3) is 0 Å². The van der Waals surface area contributed by atoms with Crippen LogP contribution in [0, 0.1) is 0 Å². The Labute approximate surface area is 135 Å². The summed E-state index contributed by atoms with van der Waals surface area (Å²) in [6.45, 7) is 0. The van der Waals surface area contributed by atoms with E-state index in [1.807, 2.05) is 0 Å². The molecule has 0 atom stereocenters. The van der Waals surface area contributed by atoms with Gasteiger partial charge < -0.3 is 19.9 Å². The van der Waals surface area contributed by atoms with Gasteiger partial charge in [0.25, 0.3) is 6.10 Å². The lowest BCUT2D eigenvalue weighted by atomic mass is 10.1. The Morgan fingerprint density at radius 3 is 2.17 bits per heavy atom. The number of H-pyrrole nitrogens is 1. The molecule has 0 saturated heterocycles. The first-order chi connectivity index (χ1) is 11.4. The summed E-state index contributed by atoms with van der Waals surface area (Å²) in [7, 11) is 0. The number of ether oxygens (including phenoxy) is 1. The number of carbonyl (C=O) groups is 4. The van der Waals surface area contributed by atoms with Crippen LogP contribution >= 0.6 is 0 Å². The molecule has 0 spiro atoms. The van der Waals surface area contributed by atoms with Crippen molar-refractivity contribution in [2.75, 3.05) is 0 Å². The van der Waals surface area contributed by atoms with Crippen molar-refractivity contribution in [3.05, 3.63) is 59.4 Å². The Morgan fingerprint density at radius 2 is 1.58 bits per heavy atom. The van der Waals surface area contributed by atoms with E-state index in [9.17, 15) is 19.2 Å². The van der Waals surface area contributed by atoms with Crippen LogP contribution in [0.5, 0.6) is 0 Å². The predicted molar refractivity (Wildman–Crippen MR) is 79.5 cm³/mol. The van der Waals surface area contributed by atoms with Gasteiger partial charge in [0.15, 0.2) is 0 Å². The number of carboxylic acids is 2. The summed E-state index contributed by atoms with van der Waals surface area (Å²) in [6, 6.07) is 11.4. The van der Waals surface area contributed by atoms with E-state index in [1.54, 1.807) is 30.3 Å². The number of hydrogen-bond acceptors (Lipinski definition) is 5. The normalized spacial score (nSPS) is 10.4. The number of carboxylic acid groups (broad SMARTS) is 2. The number of rotatable bonds is 7. The number of aliphatic carboxylic acids is 2. The first kappa shape index (κ1) is 16.9. The predicted octanol–water partition coefficient (Wildman–Crippen LogP) is 0.869. The van der Waals surface area contributed by atoms with Crippen molar-refractivity contribution >= 4 is 23.7 Å². The van der Waals surface area contributed by atoms with Crippen molar-refractivity contribution < 1.29 is 34.1 Å². The van der Waals surface area contributed by atoms with Gasteiger partial charge in [0.05, 0.1) is 12.1 Å². The maximum atomic E-state index is 12.2. The second-order valence-electron chi connectivity index (χ2n) is 4.82. The fraction of sp³-hybridized carbons (Fsp3) is 0.125. The Kier molecular flexibility index (Phi) is 5.10. The molecule has 0 amide bonds. The van der Waals surface area contributed by atoms with Gasteiger partial charge in [0.1, 0.15) is 0 Å². The lowest BCUT2D eigenvalue weighted by Crippen LogP contribution is -2.35. The minimum absolute atomic E-state index is 0.247. The Bertz CT molecular complexity index is 765. The van der Waals surface area contributed by atoms with Crippen LogP contribution < -0.4 is 0 Å². The zero-order chi connectivity index (χ0) is 17.7. The third-order valence-corrected chi connectivity index (χ3v) is 3.06. The van der Waals surface area contributed by atoms with Gasteiger partial charge in [-0.1, -0.05) is 30.3 Å². The maximum Gasteiger partial charge on any atom is 0.356 e. The highest BCUT2D eigenvalue weighted by Gasteiger charge is 2.30. The molecule has 0 unspecified atom stereocenters. The zero-order valence-electron chi connectivity index (χ0n) is 12.3. The minimum Gasteiger partial charge on any atom is -0.478 e. The molecular formula is C16H13NO7. The highest BCUT2D eigenvalue weighted by atomic mass is 16.6. The Hall–Kier alpha value is -3.42. The summed E-state index contributed by atoms with van der Waals surface area (Å²) in [5, 5.41) is 17.3. The number of nitrogens with one attached hydrogen (secondary N) is 1.